The molecule has 6 nitrogen and oxygen atoms in total. The second-order valence-electron chi connectivity index (χ2n) is 6.90. The van der Waals surface area contributed by atoms with Gasteiger partial charge >= 0.3 is 11.8 Å². The van der Waals surface area contributed by atoms with E-state index in [0.29, 0.717) is 23.1 Å². The monoisotopic (exact) mass is 434 g/mol. The molecule has 164 valence electrons. The lowest BCUT2D eigenvalue weighted by Crippen LogP contribution is -2.23. The van der Waals surface area contributed by atoms with E-state index in [4.69, 9.17) is 14.9 Å². The number of anilines is 1. The first-order valence-corrected chi connectivity index (χ1v) is 9.54. The highest BCUT2D eigenvalue weighted by Gasteiger charge is 2.34. The number of rotatable bonds is 6. The van der Waals surface area contributed by atoms with Crippen LogP contribution in [0.1, 0.15) is 40.4 Å². The summed E-state index contributed by atoms with van der Waals surface area (Å²) in [5.74, 6) is -0.459. The maximum Gasteiger partial charge on any atom is 0.418 e. The van der Waals surface area contributed by atoms with Gasteiger partial charge in [-0.25, -0.2) is 4.79 Å². The number of amides is 1. The first-order chi connectivity index (χ1) is 14.7. The van der Waals surface area contributed by atoms with Crippen LogP contribution in [0.4, 0.5) is 18.9 Å². The van der Waals surface area contributed by atoms with Crippen LogP contribution in [0.3, 0.4) is 0 Å². The van der Waals surface area contributed by atoms with Gasteiger partial charge in [0.1, 0.15) is 16.9 Å². The predicted molar refractivity (Wildman–Crippen MR) is 110 cm³/mol. The smallest absolute Gasteiger partial charge is 0.418 e. The van der Waals surface area contributed by atoms with E-state index in [1.54, 1.807) is 12.1 Å². The highest BCUT2D eigenvalue weighted by atomic mass is 19.4. The van der Waals surface area contributed by atoms with Crippen molar-refractivity contribution in [1.29, 1.82) is 0 Å². The van der Waals surface area contributed by atoms with Crippen LogP contribution in [0.5, 0.6) is 5.75 Å². The molecule has 0 aliphatic carbocycles. The van der Waals surface area contributed by atoms with E-state index in [1.807, 2.05) is 6.92 Å². The SMILES string of the molecule is CCCc1c(OC)ccc2cc(C(=O)Nc3ccc(CN)cc3C(F)(F)F)c(=O)oc12. The number of halogens is 3. The van der Waals surface area contributed by atoms with Crippen LogP contribution < -0.4 is 21.4 Å². The van der Waals surface area contributed by atoms with Gasteiger partial charge in [0.2, 0.25) is 0 Å². The van der Waals surface area contributed by atoms with E-state index in [0.717, 1.165) is 18.6 Å². The molecule has 0 radical (unpaired) electrons. The third-order valence-electron chi connectivity index (χ3n) is 4.80. The number of aryl methyl sites for hydroxylation is 1. The average molecular weight is 434 g/mol. The van der Waals surface area contributed by atoms with Gasteiger partial charge in [-0.05, 0) is 42.3 Å². The Kier molecular flexibility index (Phi) is 6.35. The maximum atomic E-state index is 13.4. The number of carbonyl (C=O) groups is 1. The minimum Gasteiger partial charge on any atom is -0.496 e. The van der Waals surface area contributed by atoms with Crippen LogP contribution >= 0.6 is 0 Å². The first-order valence-electron chi connectivity index (χ1n) is 9.54. The summed E-state index contributed by atoms with van der Waals surface area (Å²) < 4.78 is 50.9. The second-order valence-corrected chi connectivity index (χ2v) is 6.90. The standard InChI is InChI=1S/C22H21F3N2O4/c1-3-4-14-18(30-2)8-6-13-10-15(21(29)31-19(13)14)20(28)27-17-7-5-12(11-26)9-16(17)22(23,24)25/h5-10H,3-4,11,26H2,1-2H3,(H,27,28). The summed E-state index contributed by atoms with van der Waals surface area (Å²) in [6, 6.07) is 7.94. The topological polar surface area (TPSA) is 94.6 Å². The van der Waals surface area contributed by atoms with Crippen LogP contribution in [0.15, 0.2) is 45.6 Å². The lowest BCUT2D eigenvalue weighted by Gasteiger charge is -2.15. The zero-order chi connectivity index (χ0) is 22.8. The largest absolute Gasteiger partial charge is 0.496 e. The summed E-state index contributed by atoms with van der Waals surface area (Å²) in [4.78, 5) is 25.2. The lowest BCUT2D eigenvalue weighted by molar-refractivity contribution is -0.137. The van der Waals surface area contributed by atoms with E-state index >= 15 is 0 Å². The third kappa shape index (κ3) is 4.56. The second kappa shape index (κ2) is 8.81. The lowest BCUT2D eigenvalue weighted by atomic mass is 10.0. The van der Waals surface area contributed by atoms with Crippen molar-refractivity contribution < 1.29 is 27.1 Å². The number of fused-ring (bicyclic) bond motifs is 1. The number of methoxy groups -OCH3 is 1. The zero-order valence-electron chi connectivity index (χ0n) is 16.9. The molecule has 0 saturated heterocycles. The molecular formula is C22H21F3N2O4. The molecule has 0 saturated carbocycles. The van der Waals surface area contributed by atoms with Crippen LogP contribution in [0.2, 0.25) is 0 Å². The highest BCUT2D eigenvalue weighted by Crippen LogP contribution is 2.36. The number of ether oxygens (including phenoxy) is 1. The van der Waals surface area contributed by atoms with Crippen LogP contribution in [-0.2, 0) is 19.1 Å². The molecule has 0 fully saturated rings. The van der Waals surface area contributed by atoms with Crippen molar-refractivity contribution in [3.63, 3.8) is 0 Å². The van der Waals surface area contributed by atoms with Crippen LogP contribution in [-0.4, -0.2) is 13.0 Å². The molecule has 3 rings (SSSR count). The molecule has 0 bridgehead atoms. The molecular weight excluding hydrogens is 413 g/mol. The maximum absolute atomic E-state index is 13.4. The molecule has 0 unspecified atom stereocenters. The highest BCUT2D eigenvalue weighted by molar-refractivity contribution is 6.06. The Morgan fingerprint density at radius 2 is 1.94 bits per heavy atom. The van der Waals surface area contributed by atoms with Crippen molar-refractivity contribution in [2.75, 3.05) is 12.4 Å². The van der Waals surface area contributed by atoms with Crippen molar-refractivity contribution in [1.82, 2.24) is 0 Å². The fourth-order valence-corrected chi connectivity index (χ4v) is 3.31. The number of hydrogen-bond donors (Lipinski definition) is 2. The van der Waals surface area contributed by atoms with Gasteiger partial charge < -0.3 is 20.2 Å². The van der Waals surface area contributed by atoms with Gasteiger partial charge in [-0.2, -0.15) is 13.2 Å². The molecule has 9 heteroatoms. The minimum absolute atomic E-state index is 0.0882. The molecule has 0 spiro atoms. The summed E-state index contributed by atoms with van der Waals surface area (Å²) in [6.07, 6.45) is -3.37. The van der Waals surface area contributed by atoms with E-state index in [1.165, 1.54) is 19.2 Å². The Bertz CT molecular complexity index is 1190. The number of hydrogen-bond acceptors (Lipinski definition) is 5. The van der Waals surface area contributed by atoms with Crippen LogP contribution in [0.25, 0.3) is 11.0 Å². The summed E-state index contributed by atoms with van der Waals surface area (Å²) in [7, 11) is 1.49. The van der Waals surface area contributed by atoms with Gasteiger partial charge in [-0.1, -0.05) is 19.4 Å². The molecule has 3 N–H and O–H groups in total. The number of benzene rings is 2. The van der Waals surface area contributed by atoms with Gasteiger partial charge in [0.25, 0.3) is 5.91 Å². The van der Waals surface area contributed by atoms with Gasteiger partial charge in [-0.15, -0.1) is 0 Å². The molecule has 1 heterocycles. The van der Waals surface area contributed by atoms with E-state index in [9.17, 15) is 22.8 Å². The van der Waals surface area contributed by atoms with Gasteiger partial charge in [-0.3, -0.25) is 4.79 Å². The van der Waals surface area contributed by atoms with Crippen molar-refractivity contribution in [3.05, 3.63) is 69.1 Å². The van der Waals surface area contributed by atoms with Gasteiger partial charge in [0.05, 0.1) is 18.4 Å². The van der Waals surface area contributed by atoms with Crippen LogP contribution in [0, 0.1) is 0 Å². The Morgan fingerprint density at radius 1 is 1.19 bits per heavy atom. The van der Waals surface area contributed by atoms with Crippen molar-refractivity contribution in [3.8, 4) is 5.75 Å². The summed E-state index contributed by atoms with van der Waals surface area (Å²) in [5.41, 5.74) is 3.75. The molecule has 0 atom stereocenters. The third-order valence-corrected chi connectivity index (χ3v) is 4.80. The van der Waals surface area contributed by atoms with E-state index in [-0.39, 0.29) is 17.7 Å². The number of alkyl halides is 3. The molecule has 0 aliphatic rings. The Balaban J connectivity index is 2.04. The molecule has 1 aromatic heterocycles. The predicted octanol–water partition coefficient (Wildman–Crippen LogP) is 4.48. The summed E-state index contributed by atoms with van der Waals surface area (Å²) in [6.45, 7) is 1.86. The Hall–Kier alpha value is -3.33. The molecule has 2 aromatic carbocycles. The average Bonchev–Trinajstić information content (AvgIpc) is 2.73. The number of nitrogens with two attached hydrogens (primary N) is 1. The molecule has 31 heavy (non-hydrogen) atoms. The molecule has 1 amide bonds. The van der Waals surface area contributed by atoms with Crippen molar-refractivity contribution >= 4 is 22.6 Å². The van der Waals surface area contributed by atoms with E-state index in [2.05, 4.69) is 5.32 Å². The number of carbonyl (C=O) groups excluding carboxylic acids is 1. The first kappa shape index (κ1) is 22.4. The number of nitrogens with one attached hydrogen (secondary N) is 1. The normalized spacial score (nSPS) is 11.5. The Morgan fingerprint density at radius 3 is 2.55 bits per heavy atom. The molecule has 3 aromatic rings. The summed E-state index contributed by atoms with van der Waals surface area (Å²) >= 11 is 0. The molecule has 0 aliphatic heterocycles. The van der Waals surface area contributed by atoms with Crippen molar-refractivity contribution in [2.24, 2.45) is 5.73 Å². The van der Waals surface area contributed by atoms with Gasteiger partial charge in [0, 0.05) is 17.5 Å². The fraction of sp³-hybridized carbons (Fsp3) is 0.273. The quantitative estimate of drug-likeness (QED) is 0.558. The van der Waals surface area contributed by atoms with E-state index < -0.39 is 34.5 Å². The fourth-order valence-electron chi connectivity index (χ4n) is 3.31. The van der Waals surface area contributed by atoms with Crippen molar-refractivity contribution in [2.45, 2.75) is 32.5 Å². The summed E-state index contributed by atoms with van der Waals surface area (Å²) in [5, 5.41) is 2.63. The van der Waals surface area contributed by atoms with Gasteiger partial charge in [0.15, 0.2) is 0 Å². The minimum atomic E-state index is -4.71. The Labute approximate surface area is 175 Å². The zero-order valence-corrected chi connectivity index (χ0v) is 16.9.